The molecule has 1 atom stereocenters. The first kappa shape index (κ1) is 17.5. The van der Waals surface area contributed by atoms with Crippen LogP contribution in [0, 0.1) is 0 Å². The van der Waals surface area contributed by atoms with E-state index in [4.69, 9.17) is 0 Å². The third-order valence-corrected chi connectivity index (χ3v) is 4.95. The average molecular weight is 363 g/mol. The second kappa shape index (κ2) is 6.88. The second-order valence-electron chi connectivity index (χ2n) is 5.88. The van der Waals surface area contributed by atoms with Crippen molar-refractivity contribution >= 4 is 27.3 Å². The van der Waals surface area contributed by atoms with Gasteiger partial charge in [-0.1, -0.05) is 30.3 Å². The van der Waals surface area contributed by atoms with Crippen molar-refractivity contribution in [3.05, 3.63) is 70.6 Å². The summed E-state index contributed by atoms with van der Waals surface area (Å²) in [6.45, 7) is 1.79. The molecule has 3 aromatic rings. The van der Waals surface area contributed by atoms with E-state index in [1.54, 1.807) is 18.3 Å². The van der Waals surface area contributed by atoms with E-state index in [1.165, 1.54) is 18.2 Å². The lowest BCUT2D eigenvalue weighted by Gasteiger charge is -2.16. The van der Waals surface area contributed by atoms with E-state index >= 15 is 0 Å². The first-order valence-corrected chi connectivity index (χ1v) is 8.66. The van der Waals surface area contributed by atoms with Crippen molar-refractivity contribution in [3.8, 4) is 0 Å². The smallest absolute Gasteiger partial charge is 0.349 e. The lowest BCUT2D eigenvalue weighted by molar-refractivity contribution is -0.137. The summed E-state index contributed by atoms with van der Waals surface area (Å²) in [6, 6.07) is 12.5. The van der Waals surface area contributed by atoms with Crippen molar-refractivity contribution in [1.29, 1.82) is 0 Å². The molecule has 0 fully saturated rings. The minimum atomic E-state index is -4.55. The molecule has 0 unspecified atom stereocenters. The van der Waals surface area contributed by atoms with Gasteiger partial charge in [0.05, 0.1) is 11.1 Å². The molecular weight excluding hydrogens is 347 g/mol. The van der Waals surface area contributed by atoms with Crippen LogP contribution < -0.4 is 5.32 Å². The fourth-order valence-corrected chi connectivity index (χ4v) is 3.78. The number of amides is 1. The molecule has 1 heterocycles. The number of hydrogen-bond acceptors (Lipinski definition) is 2. The van der Waals surface area contributed by atoms with Crippen molar-refractivity contribution < 1.29 is 18.0 Å². The maximum absolute atomic E-state index is 13.0. The van der Waals surface area contributed by atoms with Crippen LogP contribution in [-0.4, -0.2) is 11.9 Å². The van der Waals surface area contributed by atoms with Gasteiger partial charge in [-0.05, 0) is 47.9 Å². The number of benzene rings is 2. The maximum atomic E-state index is 13.0. The van der Waals surface area contributed by atoms with Crippen LogP contribution in [0.1, 0.15) is 28.4 Å². The summed E-state index contributed by atoms with van der Waals surface area (Å²) < 4.78 is 40.3. The largest absolute Gasteiger partial charge is 0.417 e. The molecule has 0 bridgehead atoms. The number of hydrogen-bond donors (Lipinski definition) is 1. The molecule has 0 saturated heterocycles. The quantitative estimate of drug-likeness (QED) is 0.671. The zero-order chi connectivity index (χ0) is 18.0. The molecule has 3 rings (SSSR count). The summed E-state index contributed by atoms with van der Waals surface area (Å²) in [5.41, 5.74) is -0.185. The fourth-order valence-electron chi connectivity index (χ4n) is 2.80. The van der Waals surface area contributed by atoms with E-state index in [0.29, 0.717) is 6.42 Å². The van der Waals surface area contributed by atoms with E-state index < -0.39 is 17.6 Å². The minimum Gasteiger partial charge on any atom is -0.349 e. The molecule has 25 heavy (non-hydrogen) atoms. The van der Waals surface area contributed by atoms with Crippen LogP contribution in [0.5, 0.6) is 0 Å². The van der Waals surface area contributed by atoms with E-state index in [0.717, 1.165) is 21.7 Å². The Kier molecular flexibility index (Phi) is 4.81. The Morgan fingerprint density at radius 1 is 1.12 bits per heavy atom. The van der Waals surface area contributed by atoms with E-state index in [2.05, 4.69) is 5.32 Å². The van der Waals surface area contributed by atoms with E-state index in [-0.39, 0.29) is 11.6 Å². The van der Waals surface area contributed by atoms with Crippen LogP contribution in [0.2, 0.25) is 0 Å². The van der Waals surface area contributed by atoms with Crippen LogP contribution in [0.3, 0.4) is 0 Å². The minimum absolute atomic E-state index is 0.285. The third kappa shape index (κ3) is 3.85. The van der Waals surface area contributed by atoms with Crippen LogP contribution in [0.15, 0.2) is 53.9 Å². The predicted molar refractivity (Wildman–Crippen MR) is 93.9 cm³/mol. The van der Waals surface area contributed by atoms with Crippen molar-refractivity contribution in [2.45, 2.75) is 25.6 Å². The van der Waals surface area contributed by atoms with Gasteiger partial charge in [-0.15, -0.1) is 11.3 Å². The van der Waals surface area contributed by atoms with Gasteiger partial charge in [-0.3, -0.25) is 4.79 Å². The lowest BCUT2D eigenvalue weighted by atomic mass is 10.0. The van der Waals surface area contributed by atoms with Gasteiger partial charge < -0.3 is 5.32 Å². The fraction of sp³-hybridized carbons (Fsp3) is 0.211. The lowest BCUT2D eigenvalue weighted by Crippen LogP contribution is -2.35. The zero-order valence-corrected chi connectivity index (χ0v) is 14.2. The van der Waals surface area contributed by atoms with Crippen molar-refractivity contribution in [2.24, 2.45) is 0 Å². The van der Waals surface area contributed by atoms with Crippen LogP contribution >= 0.6 is 11.3 Å². The summed E-state index contributed by atoms with van der Waals surface area (Å²) in [5.74, 6) is -0.708. The highest BCUT2D eigenvalue weighted by atomic mass is 32.1. The van der Waals surface area contributed by atoms with Gasteiger partial charge >= 0.3 is 6.18 Å². The molecule has 6 heteroatoms. The SMILES string of the molecule is C[C@@H](Cc1csc2ccccc12)NC(=O)c1ccccc1C(F)(F)F. The molecule has 2 aromatic carbocycles. The Hall–Kier alpha value is -2.34. The molecule has 0 aliphatic rings. The van der Waals surface area contributed by atoms with Crippen molar-refractivity contribution in [3.63, 3.8) is 0 Å². The molecule has 2 nitrogen and oxygen atoms in total. The van der Waals surface area contributed by atoms with Gasteiger partial charge in [0.1, 0.15) is 0 Å². The molecular formula is C19H16F3NOS. The maximum Gasteiger partial charge on any atom is 0.417 e. The highest BCUT2D eigenvalue weighted by molar-refractivity contribution is 7.17. The topological polar surface area (TPSA) is 29.1 Å². The number of nitrogens with one attached hydrogen (secondary N) is 1. The highest BCUT2D eigenvalue weighted by Crippen LogP contribution is 2.32. The molecule has 0 spiro atoms. The van der Waals surface area contributed by atoms with Gasteiger partial charge in [0.2, 0.25) is 0 Å². The summed E-state index contributed by atoms with van der Waals surface area (Å²) in [5, 5.41) is 5.82. The molecule has 0 radical (unpaired) electrons. The molecule has 0 aliphatic heterocycles. The number of thiophene rings is 1. The zero-order valence-electron chi connectivity index (χ0n) is 13.4. The molecule has 0 saturated carbocycles. The van der Waals surface area contributed by atoms with Crippen LogP contribution in [0.25, 0.3) is 10.1 Å². The first-order valence-electron chi connectivity index (χ1n) is 7.78. The van der Waals surface area contributed by atoms with Gasteiger partial charge in [0.15, 0.2) is 0 Å². The van der Waals surface area contributed by atoms with Gasteiger partial charge in [0, 0.05) is 10.7 Å². The van der Waals surface area contributed by atoms with Crippen molar-refractivity contribution in [2.75, 3.05) is 0 Å². The number of alkyl halides is 3. The number of carbonyl (C=O) groups excluding carboxylic acids is 1. The summed E-state index contributed by atoms with van der Waals surface area (Å²) in [6.07, 6.45) is -4.00. The number of halogens is 3. The number of carbonyl (C=O) groups is 1. The molecule has 1 aromatic heterocycles. The Bertz CT molecular complexity index is 901. The Morgan fingerprint density at radius 3 is 2.56 bits per heavy atom. The number of rotatable bonds is 4. The van der Waals surface area contributed by atoms with Gasteiger partial charge in [-0.2, -0.15) is 13.2 Å². The first-order chi connectivity index (χ1) is 11.9. The summed E-state index contributed by atoms with van der Waals surface area (Å²) >= 11 is 1.62. The molecule has 0 aliphatic carbocycles. The van der Waals surface area contributed by atoms with Gasteiger partial charge in [0.25, 0.3) is 5.91 Å². The summed E-state index contributed by atoms with van der Waals surface area (Å²) in [4.78, 5) is 12.3. The Labute approximate surface area is 147 Å². The summed E-state index contributed by atoms with van der Waals surface area (Å²) in [7, 11) is 0. The molecule has 1 N–H and O–H groups in total. The molecule has 1 amide bonds. The van der Waals surface area contributed by atoms with Crippen molar-refractivity contribution in [1.82, 2.24) is 5.32 Å². The molecule has 130 valence electrons. The normalized spacial score (nSPS) is 13.0. The highest BCUT2D eigenvalue weighted by Gasteiger charge is 2.35. The standard InChI is InChI=1S/C19H16F3NOS/c1-12(10-13-11-25-17-9-5-3-6-14(13)17)23-18(24)15-7-2-4-8-16(15)19(20,21)22/h2-9,11-12H,10H2,1H3,(H,23,24)/t12-/m0/s1. The number of fused-ring (bicyclic) bond motifs is 1. The Morgan fingerprint density at radius 2 is 1.80 bits per heavy atom. The van der Waals surface area contributed by atoms with Gasteiger partial charge in [-0.25, -0.2) is 0 Å². The van der Waals surface area contributed by atoms with Crippen LogP contribution in [0.4, 0.5) is 13.2 Å². The third-order valence-electron chi connectivity index (χ3n) is 3.94. The van der Waals surface area contributed by atoms with E-state index in [1.807, 2.05) is 29.6 Å². The van der Waals surface area contributed by atoms with E-state index in [9.17, 15) is 18.0 Å². The van der Waals surface area contributed by atoms with Crippen LogP contribution in [-0.2, 0) is 12.6 Å². The average Bonchev–Trinajstić information content (AvgIpc) is 2.97. The predicted octanol–water partition coefficient (Wildman–Crippen LogP) is 5.28. The Balaban J connectivity index is 1.75. The monoisotopic (exact) mass is 363 g/mol. The second-order valence-corrected chi connectivity index (χ2v) is 6.79.